The summed E-state index contributed by atoms with van der Waals surface area (Å²) in [6.07, 6.45) is 9.91. The van der Waals surface area contributed by atoms with Crippen molar-refractivity contribution < 1.29 is 4.79 Å². The highest BCUT2D eigenvalue weighted by Gasteiger charge is 2.08. The maximum Gasteiger partial charge on any atom is 0.220 e. The zero-order valence-corrected chi connectivity index (χ0v) is 11.6. The van der Waals surface area contributed by atoms with Crippen LogP contribution in [0.15, 0.2) is 0 Å². The molecule has 0 aromatic heterocycles. The van der Waals surface area contributed by atoms with Crippen LogP contribution in [0.3, 0.4) is 0 Å². The van der Waals surface area contributed by atoms with Gasteiger partial charge >= 0.3 is 0 Å². The van der Waals surface area contributed by atoms with E-state index in [1.54, 1.807) is 0 Å². The van der Waals surface area contributed by atoms with Gasteiger partial charge in [-0.05, 0) is 25.8 Å². The molecule has 17 heavy (non-hydrogen) atoms. The Labute approximate surface area is 107 Å². The molecule has 0 aliphatic heterocycles. The number of hydrogen-bond donors (Lipinski definition) is 2. The van der Waals surface area contributed by atoms with Crippen molar-refractivity contribution >= 4 is 5.91 Å². The Morgan fingerprint density at radius 2 is 1.76 bits per heavy atom. The smallest absolute Gasteiger partial charge is 0.220 e. The van der Waals surface area contributed by atoms with Crippen LogP contribution in [0.2, 0.25) is 0 Å². The standard InChI is InChI=1S/C14H30N2O/c1-3-5-6-7-8-9-10-14(17)16-13(4-2)11-12-15/h13H,3-12,15H2,1-2H3,(H,16,17). The first-order valence-electron chi connectivity index (χ1n) is 7.24. The van der Waals surface area contributed by atoms with Gasteiger partial charge in [-0.25, -0.2) is 0 Å². The summed E-state index contributed by atoms with van der Waals surface area (Å²) in [5.41, 5.74) is 5.50. The van der Waals surface area contributed by atoms with Gasteiger partial charge in [0.2, 0.25) is 5.91 Å². The number of amides is 1. The highest BCUT2D eigenvalue weighted by Crippen LogP contribution is 2.07. The summed E-state index contributed by atoms with van der Waals surface area (Å²) >= 11 is 0. The summed E-state index contributed by atoms with van der Waals surface area (Å²) in [5.74, 6) is 0.195. The van der Waals surface area contributed by atoms with E-state index < -0.39 is 0 Å². The fourth-order valence-corrected chi connectivity index (χ4v) is 1.95. The van der Waals surface area contributed by atoms with E-state index in [0.717, 1.165) is 19.3 Å². The molecule has 3 heteroatoms. The molecule has 1 atom stereocenters. The van der Waals surface area contributed by atoms with E-state index in [1.165, 1.54) is 32.1 Å². The Morgan fingerprint density at radius 1 is 1.12 bits per heavy atom. The van der Waals surface area contributed by atoms with E-state index in [1.807, 2.05) is 0 Å². The van der Waals surface area contributed by atoms with Gasteiger partial charge in [-0.15, -0.1) is 0 Å². The quantitative estimate of drug-likeness (QED) is 0.547. The third-order valence-electron chi connectivity index (χ3n) is 3.13. The fourth-order valence-electron chi connectivity index (χ4n) is 1.95. The Hall–Kier alpha value is -0.570. The summed E-state index contributed by atoms with van der Waals surface area (Å²) in [6.45, 7) is 4.96. The molecule has 0 radical (unpaired) electrons. The topological polar surface area (TPSA) is 55.1 Å². The van der Waals surface area contributed by atoms with Crippen molar-refractivity contribution in [3.8, 4) is 0 Å². The zero-order chi connectivity index (χ0) is 12.9. The second kappa shape index (κ2) is 11.9. The van der Waals surface area contributed by atoms with Crippen LogP contribution < -0.4 is 11.1 Å². The van der Waals surface area contributed by atoms with Gasteiger partial charge in [0.25, 0.3) is 0 Å². The van der Waals surface area contributed by atoms with Crippen molar-refractivity contribution in [2.45, 2.75) is 77.7 Å². The molecular formula is C14H30N2O. The van der Waals surface area contributed by atoms with Gasteiger partial charge in [0.15, 0.2) is 0 Å². The third-order valence-corrected chi connectivity index (χ3v) is 3.13. The van der Waals surface area contributed by atoms with Crippen LogP contribution >= 0.6 is 0 Å². The maximum atomic E-state index is 11.6. The third kappa shape index (κ3) is 10.3. The number of nitrogens with two attached hydrogens (primary N) is 1. The zero-order valence-electron chi connectivity index (χ0n) is 11.6. The molecule has 0 aliphatic rings. The van der Waals surface area contributed by atoms with Crippen molar-refractivity contribution in [1.82, 2.24) is 5.32 Å². The first-order valence-corrected chi connectivity index (χ1v) is 7.24. The van der Waals surface area contributed by atoms with Gasteiger partial charge in [-0.2, -0.15) is 0 Å². The minimum atomic E-state index is 0.195. The highest BCUT2D eigenvalue weighted by atomic mass is 16.1. The van der Waals surface area contributed by atoms with Crippen LogP contribution in [-0.4, -0.2) is 18.5 Å². The summed E-state index contributed by atoms with van der Waals surface area (Å²) in [5, 5.41) is 3.05. The molecule has 0 heterocycles. The molecule has 0 saturated carbocycles. The molecular weight excluding hydrogens is 212 g/mol. The predicted molar refractivity (Wildman–Crippen MR) is 73.9 cm³/mol. The molecule has 1 unspecified atom stereocenters. The number of rotatable bonds is 11. The molecule has 0 aromatic carbocycles. The Morgan fingerprint density at radius 3 is 2.35 bits per heavy atom. The molecule has 102 valence electrons. The Balaban J connectivity index is 3.44. The van der Waals surface area contributed by atoms with Crippen molar-refractivity contribution in [1.29, 1.82) is 0 Å². The molecule has 0 spiro atoms. The maximum absolute atomic E-state index is 11.6. The molecule has 0 saturated heterocycles. The molecule has 0 aliphatic carbocycles. The van der Waals surface area contributed by atoms with Crippen LogP contribution in [0.5, 0.6) is 0 Å². The lowest BCUT2D eigenvalue weighted by Gasteiger charge is -2.15. The summed E-state index contributed by atoms with van der Waals surface area (Å²) in [6, 6.07) is 0.271. The lowest BCUT2D eigenvalue weighted by atomic mass is 10.1. The average molecular weight is 242 g/mol. The fraction of sp³-hybridized carbons (Fsp3) is 0.929. The predicted octanol–water partition coefficient (Wildman–Crippen LogP) is 2.98. The van der Waals surface area contributed by atoms with Crippen LogP contribution in [0.4, 0.5) is 0 Å². The normalized spacial score (nSPS) is 12.4. The number of nitrogens with one attached hydrogen (secondary N) is 1. The van der Waals surface area contributed by atoms with Crippen molar-refractivity contribution in [2.24, 2.45) is 5.73 Å². The first-order chi connectivity index (χ1) is 8.24. The van der Waals surface area contributed by atoms with Gasteiger partial charge in [0.05, 0.1) is 0 Å². The molecule has 0 aromatic rings. The van der Waals surface area contributed by atoms with E-state index in [-0.39, 0.29) is 11.9 Å². The molecule has 0 fully saturated rings. The summed E-state index contributed by atoms with van der Waals surface area (Å²) < 4.78 is 0. The van der Waals surface area contributed by atoms with E-state index in [2.05, 4.69) is 19.2 Å². The van der Waals surface area contributed by atoms with Gasteiger partial charge in [-0.3, -0.25) is 4.79 Å². The molecule has 3 N–H and O–H groups in total. The number of hydrogen-bond acceptors (Lipinski definition) is 2. The number of unbranched alkanes of at least 4 members (excludes halogenated alkanes) is 5. The van der Waals surface area contributed by atoms with Crippen LogP contribution in [0, 0.1) is 0 Å². The van der Waals surface area contributed by atoms with Crippen LogP contribution in [0.1, 0.15) is 71.6 Å². The lowest BCUT2D eigenvalue weighted by molar-refractivity contribution is -0.122. The van der Waals surface area contributed by atoms with Gasteiger partial charge in [0, 0.05) is 12.5 Å². The van der Waals surface area contributed by atoms with E-state index in [9.17, 15) is 4.79 Å². The van der Waals surface area contributed by atoms with E-state index in [4.69, 9.17) is 5.73 Å². The van der Waals surface area contributed by atoms with Gasteiger partial charge in [-0.1, -0.05) is 46.0 Å². The van der Waals surface area contributed by atoms with Gasteiger partial charge < -0.3 is 11.1 Å². The minimum Gasteiger partial charge on any atom is -0.353 e. The molecule has 0 bridgehead atoms. The average Bonchev–Trinajstić information content (AvgIpc) is 2.33. The Kier molecular flexibility index (Phi) is 11.5. The lowest BCUT2D eigenvalue weighted by Crippen LogP contribution is -2.35. The number of carbonyl (C=O) groups excluding carboxylic acids is 1. The summed E-state index contributed by atoms with van der Waals surface area (Å²) in [7, 11) is 0. The minimum absolute atomic E-state index is 0.195. The monoisotopic (exact) mass is 242 g/mol. The highest BCUT2D eigenvalue weighted by molar-refractivity contribution is 5.76. The van der Waals surface area contributed by atoms with Crippen molar-refractivity contribution in [3.05, 3.63) is 0 Å². The SMILES string of the molecule is CCCCCCCCC(=O)NC(CC)CCN. The largest absolute Gasteiger partial charge is 0.353 e. The summed E-state index contributed by atoms with van der Waals surface area (Å²) in [4.78, 5) is 11.6. The van der Waals surface area contributed by atoms with Gasteiger partial charge in [0.1, 0.15) is 0 Å². The second-order valence-electron chi connectivity index (χ2n) is 4.77. The Bertz CT molecular complexity index is 183. The van der Waals surface area contributed by atoms with Crippen LogP contribution in [0.25, 0.3) is 0 Å². The second-order valence-corrected chi connectivity index (χ2v) is 4.77. The number of carbonyl (C=O) groups is 1. The molecule has 1 amide bonds. The molecule has 3 nitrogen and oxygen atoms in total. The van der Waals surface area contributed by atoms with E-state index >= 15 is 0 Å². The molecule has 0 rings (SSSR count). The van der Waals surface area contributed by atoms with Crippen molar-refractivity contribution in [3.63, 3.8) is 0 Å². The van der Waals surface area contributed by atoms with Crippen LogP contribution in [-0.2, 0) is 4.79 Å². The van der Waals surface area contributed by atoms with E-state index in [0.29, 0.717) is 13.0 Å². The first kappa shape index (κ1) is 16.4. The van der Waals surface area contributed by atoms with Crippen molar-refractivity contribution in [2.75, 3.05) is 6.54 Å².